The van der Waals surface area contributed by atoms with Crippen LogP contribution in [0.5, 0.6) is 0 Å². The van der Waals surface area contributed by atoms with Crippen LogP contribution in [0.4, 0.5) is 0 Å². The Hall–Kier alpha value is -2.78. The summed E-state index contributed by atoms with van der Waals surface area (Å²) in [4.78, 5) is 0. The third kappa shape index (κ3) is 7.31. The average Bonchev–Trinajstić information content (AvgIpc) is 3.06. The van der Waals surface area contributed by atoms with Gasteiger partial charge in [0, 0.05) is 16.5 Å². The standard InChI is InChI=1S/C39H35ClP2.Ni/c40-39(38-29-17-19-32-18-13-14-28-37(32)38,42(35-24-9-3-10-25-35)36-26-11-4-12-27-36)30-15-16-31-41(33-20-5-1-6-21-33)34-22-7-2-8-23-34;/h1-14,17-29H,15-16,30-31H2;. The molecule has 1 unspecified atom stereocenters. The van der Waals surface area contributed by atoms with E-state index in [0.29, 0.717) is 0 Å². The number of benzene rings is 6. The van der Waals surface area contributed by atoms with Gasteiger partial charge in [0.2, 0.25) is 0 Å². The van der Waals surface area contributed by atoms with Gasteiger partial charge in [-0.3, -0.25) is 0 Å². The topological polar surface area (TPSA) is 0 Å². The van der Waals surface area contributed by atoms with Crippen molar-refractivity contribution in [2.45, 2.75) is 23.9 Å². The Labute approximate surface area is 274 Å². The molecule has 6 rings (SSSR count). The number of hydrogen-bond acceptors (Lipinski definition) is 0. The molecule has 1 atom stereocenters. The van der Waals surface area contributed by atoms with Crippen molar-refractivity contribution in [1.29, 1.82) is 0 Å². The third-order valence-electron chi connectivity index (χ3n) is 7.86. The van der Waals surface area contributed by atoms with Crippen molar-refractivity contribution in [2.24, 2.45) is 0 Å². The van der Waals surface area contributed by atoms with Gasteiger partial charge >= 0.3 is 0 Å². The van der Waals surface area contributed by atoms with Crippen LogP contribution >= 0.6 is 27.4 Å². The number of fused-ring (bicyclic) bond motifs is 1. The van der Waals surface area contributed by atoms with E-state index in [0.717, 1.165) is 25.4 Å². The Kier molecular flexibility index (Phi) is 11.3. The predicted molar refractivity (Wildman–Crippen MR) is 188 cm³/mol. The number of hydrogen-bond donors (Lipinski definition) is 0. The molecule has 4 heteroatoms. The Bertz CT molecular complexity index is 1610. The zero-order valence-electron chi connectivity index (χ0n) is 24.0. The second-order valence-corrected chi connectivity index (χ2v) is 16.3. The fourth-order valence-corrected chi connectivity index (χ4v) is 12.1. The second kappa shape index (κ2) is 15.3. The van der Waals surface area contributed by atoms with Gasteiger partial charge in [0.05, 0.1) is 4.62 Å². The molecule has 43 heavy (non-hydrogen) atoms. The molecule has 0 spiro atoms. The largest absolute Gasteiger partial charge is 0.108 e. The first kappa shape index (κ1) is 31.6. The summed E-state index contributed by atoms with van der Waals surface area (Å²) >= 11 is 8.16. The molecule has 0 heterocycles. The average molecular weight is 660 g/mol. The summed E-state index contributed by atoms with van der Waals surface area (Å²) in [6.07, 6.45) is 4.25. The van der Waals surface area contributed by atoms with Crippen LogP contribution in [0, 0.1) is 0 Å². The normalized spacial score (nSPS) is 12.6. The maximum absolute atomic E-state index is 8.16. The van der Waals surface area contributed by atoms with Crippen molar-refractivity contribution in [3.63, 3.8) is 0 Å². The molecular formula is C39H35ClNiP2. The van der Waals surface area contributed by atoms with Crippen molar-refractivity contribution in [2.75, 3.05) is 6.16 Å². The number of rotatable bonds is 11. The van der Waals surface area contributed by atoms with E-state index in [1.54, 1.807) is 0 Å². The molecule has 0 aliphatic heterocycles. The van der Waals surface area contributed by atoms with Crippen molar-refractivity contribution < 1.29 is 16.5 Å². The monoisotopic (exact) mass is 658 g/mol. The van der Waals surface area contributed by atoms with Crippen molar-refractivity contribution in [3.05, 3.63) is 169 Å². The molecule has 6 aromatic carbocycles. The second-order valence-electron chi connectivity index (χ2n) is 10.6. The summed E-state index contributed by atoms with van der Waals surface area (Å²) in [6, 6.07) is 59.4. The van der Waals surface area contributed by atoms with E-state index in [2.05, 4.69) is 164 Å². The van der Waals surface area contributed by atoms with Gasteiger partial charge < -0.3 is 0 Å². The quantitative estimate of drug-likeness (QED) is 0.0563. The van der Waals surface area contributed by atoms with Gasteiger partial charge in [0.1, 0.15) is 0 Å². The summed E-state index contributed by atoms with van der Waals surface area (Å²) in [5.74, 6) is 0. The van der Waals surface area contributed by atoms with Crippen LogP contribution in [-0.2, 0) is 21.1 Å². The molecule has 0 radical (unpaired) electrons. The van der Waals surface area contributed by atoms with E-state index in [9.17, 15) is 0 Å². The smallest absolute Gasteiger partial charge is 0.0975 e. The predicted octanol–water partition coefficient (Wildman–Crippen LogP) is 9.66. The van der Waals surface area contributed by atoms with Crippen LogP contribution in [0.1, 0.15) is 24.8 Å². The molecule has 0 nitrogen and oxygen atoms in total. The van der Waals surface area contributed by atoms with Crippen molar-refractivity contribution >= 4 is 59.4 Å². The van der Waals surface area contributed by atoms with E-state index in [1.165, 1.54) is 37.6 Å². The molecule has 218 valence electrons. The minimum atomic E-state index is -0.895. The van der Waals surface area contributed by atoms with E-state index < -0.39 is 20.5 Å². The van der Waals surface area contributed by atoms with Crippen LogP contribution in [0.25, 0.3) is 10.8 Å². The van der Waals surface area contributed by atoms with Gasteiger partial charge in [-0.05, 0) is 72.4 Å². The van der Waals surface area contributed by atoms with Crippen LogP contribution in [0.15, 0.2) is 164 Å². The minimum absolute atomic E-state index is 0. The fraction of sp³-hybridized carbons (Fsp3) is 0.128. The SMILES string of the molecule is ClC(CCCCP(c1ccccc1)c1ccccc1)(c1cccc2ccccc12)P(c1ccccc1)c1ccccc1.[Ni]. The van der Waals surface area contributed by atoms with Gasteiger partial charge in [-0.2, -0.15) is 0 Å². The molecule has 0 bridgehead atoms. The summed E-state index contributed by atoms with van der Waals surface area (Å²) in [6.45, 7) is 0. The van der Waals surface area contributed by atoms with Crippen LogP contribution in [0.2, 0.25) is 0 Å². The summed E-state index contributed by atoms with van der Waals surface area (Å²) < 4.78 is -0.554. The van der Waals surface area contributed by atoms with Gasteiger partial charge in [0.25, 0.3) is 0 Å². The Morgan fingerprint density at radius 2 is 0.907 bits per heavy atom. The zero-order chi connectivity index (χ0) is 28.6. The van der Waals surface area contributed by atoms with E-state index in [1.807, 2.05) is 0 Å². The molecule has 0 N–H and O–H groups in total. The maximum atomic E-state index is 8.16. The molecule has 0 aliphatic carbocycles. The molecular weight excluding hydrogens is 625 g/mol. The molecule has 0 fully saturated rings. The van der Waals surface area contributed by atoms with Gasteiger partial charge in [-0.25, -0.2) is 0 Å². The van der Waals surface area contributed by atoms with Gasteiger partial charge in [-0.15, -0.1) is 11.6 Å². The van der Waals surface area contributed by atoms with E-state index >= 15 is 0 Å². The zero-order valence-corrected chi connectivity index (χ0v) is 27.5. The van der Waals surface area contributed by atoms with E-state index in [-0.39, 0.29) is 16.5 Å². The van der Waals surface area contributed by atoms with Crippen LogP contribution in [-0.4, -0.2) is 6.16 Å². The number of alkyl halides is 1. The van der Waals surface area contributed by atoms with Gasteiger partial charge in [0.15, 0.2) is 0 Å². The first-order valence-corrected chi connectivity index (χ1v) is 17.9. The summed E-state index contributed by atoms with van der Waals surface area (Å²) in [7, 11) is -1.32. The summed E-state index contributed by atoms with van der Waals surface area (Å²) in [5, 5.41) is 8.02. The molecule has 6 aromatic rings. The van der Waals surface area contributed by atoms with Crippen LogP contribution in [0.3, 0.4) is 0 Å². The molecule has 0 amide bonds. The maximum Gasteiger partial charge on any atom is 0.0975 e. The molecule has 0 aliphatic rings. The van der Waals surface area contributed by atoms with Crippen molar-refractivity contribution in [3.8, 4) is 0 Å². The number of halogens is 1. The van der Waals surface area contributed by atoms with Crippen LogP contribution < -0.4 is 21.2 Å². The number of unbranched alkanes of at least 4 members (excludes halogenated alkanes) is 1. The Balaban J connectivity index is 0.00000368. The molecule has 0 saturated heterocycles. The molecule has 0 saturated carbocycles. The first-order valence-electron chi connectivity index (χ1n) is 14.7. The first-order chi connectivity index (χ1) is 20.7. The molecule has 0 aromatic heterocycles. The van der Waals surface area contributed by atoms with Gasteiger partial charge in [-0.1, -0.05) is 170 Å². The third-order valence-corrected chi connectivity index (χ3v) is 14.2. The fourth-order valence-electron chi connectivity index (χ4n) is 5.89. The minimum Gasteiger partial charge on any atom is -0.108 e. The van der Waals surface area contributed by atoms with Crippen molar-refractivity contribution in [1.82, 2.24) is 0 Å². The van der Waals surface area contributed by atoms with E-state index in [4.69, 9.17) is 11.6 Å². The Morgan fingerprint density at radius 1 is 0.465 bits per heavy atom. The Morgan fingerprint density at radius 3 is 1.44 bits per heavy atom. The summed E-state index contributed by atoms with van der Waals surface area (Å²) in [5.41, 5.74) is 1.24.